The van der Waals surface area contributed by atoms with Crippen LogP contribution in [0.25, 0.3) is 0 Å². The normalized spacial score (nSPS) is 10.1. The van der Waals surface area contributed by atoms with E-state index >= 15 is 0 Å². The summed E-state index contributed by atoms with van der Waals surface area (Å²) in [4.78, 5) is 34.3. The van der Waals surface area contributed by atoms with Crippen molar-refractivity contribution < 1.29 is 19.2 Å². The lowest BCUT2D eigenvalue weighted by molar-refractivity contribution is -0.385. The van der Waals surface area contributed by atoms with E-state index in [0.29, 0.717) is 5.69 Å². The molecule has 2 rings (SSSR count). The van der Waals surface area contributed by atoms with Gasteiger partial charge in [-0.3, -0.25) is 14.9 Å². The van der Waals surface area contributed by atoms with Crippen molar-refractivity contribution in [1.82, 2.24) is 0 Å². The average molecular weight is 328 g/mol. The molecular formula is C17H16N2O5. The zero-order valence-corrected chi connectivity index (χ0v) is 13.2. The minimum atomic E-state index is -0.708. The number of carbonyl (C=O) groups is 2. The number of nitrogens with one attached hydrogen (secondary N) is 1. The largest absolute Gasteiger partial charge is 0.465 e. The summed E-state index contributed by atoms with van der Waals surface area (Å²) in [6.45, 7) is 2.01. The number of ether oxygens (including phenoxy) is 1. The summed E-state index contributed by atoms with van der Waals surface area (Å²) in [6, 6.07) is 10.8. The third-order valence-electron chi connectivity index (χ3n) is 3.48. The second kappa shape index (κ2) is 7.36. The maximum Gasteiger partial charge on any atom is 0.338 e. The summed E-state index contributed by atoms with van der Waals surface area (Å²) < 4.78 is 4.53. The van der Waals surface area contributed by atoms with E-state index in [4.69, 9.17) is 0 Å². The predicted molar refractivity (Wildman–Crippen MR) is 88.2 cm³/mol. The Morgan fingerprint density at radius 3 is 2.38 bits per heavy atom. The predicted octanol–water partition coefficient (Wildman–Crippen LogP) is 3.20. The maximum absolute atomic E-state index is 12.3. The van der Waals surface area contributed by atoms with Crippen LogP contribution < -0.4 is 5.32 Å². The molecule has 2 aromatic carbocycles. The smallest absolute Gasteiger partial charge is 0.338 e. The van der Waals surface area contributed by atoms with E-state index in [9.17, 15) is 19.7 Å². The third kappa shape index (κ3) is 3.75. The van der Waals surface area contributed by atoms with Crippen LogP contribution in [0.1, 0.15) is 33.2 Å². The Balaban J connectivity index is 2.30. The number of anilines is 1. The van der Waals surface area contributed by atoms with E-state index in [1.165, 1.54) is 19.2 Å². The van der Waals surface area contributed by atoms with Gasteiger partial charge in [0.05, 0.1) is 17.6 Å². The van der Waals surface area contributed by atoms with Gasteiger partial charge in [0.25, 0.3) is 11.6 Å². The van der Waals surface area contributed by atoms with E-state index in [-0.39, 0.29) is 11.1 Å². The number of nitrogens with zero attached hydrogens (tertiary/aromatic N) is 1. The summed E-state index contributed by atoms with van der Waals surface area (Å²) in [5, 5.41) is 13.8. The van der Waals surface area contributed by atoms with Gasteiger partial charge < -0.3 is 10.1 Å². The first-order chi connectivity index (χ1) is 11.5. The molecule has 0 fully saturated rings. The molecule has 2 aromatic rings. The fourth-order valence-corrected chi connectivity index (χ4v) is 2.14. The van der Waals surface area contributed by atoms with Crippen LogP contribution in [0.5, 0.6) is 0 Å². The van der Waals surface area contributed by atoms with Crippen molar-refractivity contribution in [3.63, 3.8) is 0 Å². The summed E-state index contributed by atoms with van der Waals surface area (Å²) in [7, 11) is 1.18. The maximum atomic E-state index is 12.3. The van der Waals surface area contributed by atoms with Gasteiger partial charge >= 0.3 is 5.97 Å². The topological polar surface area (TPSA) is 98.5 Å². The number of nitro groups is 1. The van der Waals surface area contributed by atoms with Crippen molar-refractivity contribution in [2.45, 2.75) is 13.3 Å². The molecule has 7 heteroatoms. The lowest BCUT2D eigenvalue weighted by Crippen LogP contribution is -2.15. The standard InChI is InChI=1S/C17H16N2O5/c1-3-11-4-7-13(8-5-11)18-16(20)14-9-6-12(17(21)24-2)10-15(14)19(22)23/h4-10H,3H2,1-2H3,(H,18,20). The molecule has 1 N–H and O–H groups in total. The van der Waals surface area contributed by atoms with Crippen molar-refractivity contribution >= 4 is 23.3 Å². The molecule has 0 saturated carbocycles. The number of benzene rings is 2. The molecular weight excluding hydrogens is 312 g/mol. The molecule has 7 nitrogen and oxygen atoms in total. The zero-order chi connectivity index (χ0) is 17.7. The van der Waals surface area contributed by atoms with E-state index in [2.05, 4.69) is 10.1 Å². The minimum Gasteiger partial charge on any atom is -0.465 e. The van der Waals surface area contributed by atoms with Crippen LogP contribution >= 0.6 is 0 Å². The zero-order valence-electron chi connectivity index (χ0n) is 13.2. The van der Waals surface area contributed by atoms with Crippen LogP contribution in [-0.2, 0) is 11.2 Å². The van der Waals surface area contributed by atoms with Gasteiger partial charge in [0.1, 0.15) is 5.56 Å². The monoisotopic (exact) mass is 328 g/mol. The van der Waals surface area contributed by atoms with Gasteiger partial charge in [0.15, 0.2) is 0 Å². The van der Waals surface area contributed by atoms with Crippen LogP contribution in [0.15, 0.2) is 42.5 Å². The molecule has 0 aliphatic heterocycles. The highest BCUT2D eigenvalue weighted by Gasteiger charge is 2.22. The lowest BCUT2D eigenvalue weighted by atomic mass is 10.1. The fourth-order valence-electron chi connectivity index (χ4n) is 2.14. The number of aryl methyl sites for hydroxylation is 1. The summed E-state index contributed by atoms with van der Waals surface area (Å²) in [5.74, 6) is -1.33. The third-order valence-corrected chi connectivity index (χ3v) is 3.48. The highest BCUT2D eigenvalue weighted by Crippen LogP contribution is 2.22. The molecule has 0 spiro atoms. The Hall–Kier alpha value is -3.22. The number of amides is 1. The van der Waals surface area contributed by atoms with Gasteiger partial charge in [-0.15, -0.1) is 0 Å². The van der Waals surface area contributed by atoms with Gasteiger partial charge in [-0.05, 0) is 36.2 Å². The van der Waals surface area contributed by atoms with Gasteiger partial charge in [0.2, 0.25) is 0 Å². The van der Waals surface area contributed by atoms with Crippen LogP contribution in [0.3, 0.4) is 0 Å². The molecule has 0 aliphatic rings. The Morgan fingerprint density at radius 1 is 1.17 bits per heavy atom. The molecule has 0 aromatic heterocycles. The van der Waals surface area contributed by atoms with Gasteiger partial charge in [-0.1, -0.05) is 19.1 Å². The second-order valence-electron chi connectivity index (χ2n) is 4.99. The second-order valence-corrected chi connectivity index (χ2v) is 4.99. The molecule has 24 heavy (non-hydrogen) atoms. The number of carbonyl (C=O) groups excluding carboxylic acids is 2. The molecule has 0 heterocycles. The van der Waals surface area contributed by atoms with E-state index in [1.54, 1.807) is 12.1 Å². The fraction of sp³-hybridized carbons (Fsp3) is 0.176. The molecule has 0 radical (unpaired) electrons. The molecule has 0 saturated heterocycles. The quantitative estimate of drug-likeness (QED) is 0.516. The van der Waals surface area contributed by atoms with Gasteiger partial charge in [0, 0.05) is 11.8 Å². The average Bonchev–Trinajstić information content (AvgIpc) is 2.61. The van der Waals surface area contributed by atoms with Gasteiger partial charge in [-0.2, -0.15) is 0 Å². The first-order valence-electron chi connectivity index (χ1n) is 7.23. The number of methoxy groups -OCH3 is 1. The molecule has 0 unspecified atom stereocenters. The van der Waals surface area contributed by atoms with E-state index in [1.807, 2.05) is 19.1 Å². The molecule has 1 amide bonds. The molecule has 0 bridgehead atoms. The molecule has 124 valence electrons. The van der Waals surface area contributed by atoms with Crippen molar-refractivity contribution in [1.29, 1.82) is 0 Å². The Labute approximate surface area is 138 Å². The minimum absolute atomic E-state index is 0.00745. The SMILES string of the molecule is CCc1ccc(NC(=O)c2ccc(C(=O)OC)cc2[N+](=O)[O-])cc1. The van der Waals surface area contributed by atoms with E-state index < -0.39 is 22.5 Å². The van der Waals surface area contributed by atoms with Crippen LogP contribution in [-0.4, -0.2) is 23.9 Å². The highest BCUT2D eigenvalue weighted by molar-refractivity contribution is 6.07. The first-order valence-corrected chi connectivity index (χ1v) is 7.23. The van der Waals surface area contributed by atoms with Crippen molar-refractivity contribution in [2.75, 3.05) is 12.4 Å². The number of esters is 1. The lowest BCUT2D eigenvalue weighted by Gasteiger charge is -2.07. The number of nitro benzene ring substituents is 1. The summed E-state index contributed by atoms with van der Waals surface area (Å²) in [6.07, 6.45) is 0.870. The molecule has 0 aliphatic carbocycles. The van der Waals surface area contributed by atoms with Crippen LogP contribution in [0.2, 0.25) is 0 Å². The summed E-state index contributed by atoms with van der Waals surface area (Å²) >= 11 is 0. The van der Waals surface area contributed by atoms with Crippen molar-refractivity contribution in [3.05, 3.63) is 69.3 Å². The van der Waals surface area contributed by atoms with Crippen molar-refractivity contribution in [2.24, 2.45) is 0 Å². The Morgan fingerprint density at radius 2 is 1.83 bits per heavy atom. The first kappa shape index (κ1) is 17.1. The van der Waals surface area contributed by atoms with Crippen LogP contribution in [0, 0.1) is 10.1 Å². The Kier molecular flexibility index (Phi) is 5.26. The number of hydrogen-bond donors (Lipinski definition) is 1. The van der Waals surface area contributed by atoms with E-state index in [0.717, 1.165) is 18.1 Å². The summed E-state index contributed by atoms with van der Waals surface area (Å²) in [5.41, 5.74) is 1.06. The van der Waals surface area contributed by atoms with Crippen LogP contribution in [0.4, 0.5) is 11.4 Å². The van der Waals surface area contributed by atoms with Gasteiger partial charge in [-0.25, -0.2) is 4.79 Å². The highest BCUT2D eigenvalue weighted by atomic mass is 16.6. The molecule has 0 atom stereocenters. The number of rotatable bonds is 5. The Bertz CT molecular complexity index is 784. The number of hydrogen-bond acceptors (Lipinski definition) is 5. The van der Waals surface area contributed by atoms with Crippen molar-refractivity contribution in [3.8, 4) is 0 Å².